The SMILES string of the molecule is BC=C.F.F.F. The van der Waals surface area contributed by atoms with E-state index in [1.54, 1.807) is 5.98 Å². The molecule has 0 N–H and O–H groups in total. The molecule has 0 fully saturated rings. The summed E-state index contributed by atoms with van der Waals surface area (Å²) >= 11 is 0. The van der Waals surface area contributed by atoms with Crippen LogP contribution in [0.2, 0.25) is 0 Å². The van der Waals surface area contributed by atoms with Gasteiger partial charge in [-0.15, -0.1) is 12.6 Å². The van der Waals surface area contributed by atoms with Crippen LogP contribution in [0.3, 0.4) is 0 Å². The van der Waals surface area contributed by atoms with Crippen molar-refractivity contribution in [2.75, 3.05) is 0 Å². The van der Waals surface area contributed by atoms with Gasteiger partial charge < -0.3 is 0 Å². The van der Waals surface area contributed by atoms with Crippen molar-refractivity contribution in [1.29, 1.82) is 0 Å². The molecule has 0 heterocycles. The number of rotatable bonds is 0. The van der Waals surface area contributed by atoms with Crippen LogP contribution in [0.1, 0.15) is 0 Å². The second-order valence-corrected chi connectivity index (χ2v) is 0.408. The molecule has 0 saturated heterocycles. The molecule has 0 nitrogen and oxygen atoms in total. The first-order valence-corrected chi connectivity index (χ1v) is 0.986. The highest BCUT2D eigenvalue weighted by atomic mass is 19.0. The maximum atomic E-state index is 3.36. The first kappa shape index (κ1) is 46.4. The smallest absolute Gasteiger partial charge is 0.128 e. The van der Waals surface area contributed by atoms with Crippen LogP contribution >= 0.6 is 0 Å². The van der Waals surface area contributed by atoms with Crippen LogP contribution in [0, 0.1) is 0 Å². The summed E-state index contributed by atoms with van der Waals surface area (Å²) in [7, 11) is 1.89. The Bertz CT molecular complexity index is 16.3. The topological polar surface area (TPSA) is 0 Å². The minimum atomic E-state index is 0. The van der Waals surface area contributed by atoms with Crippen molar-refractivity contribution < 1.29 is 14.1 Å². The van der Waals surface area contributed by atoms with E-state index < -0.39 is 0 Å². The predicted molar refractivity (Wildman–Crippen MR) is 26.2 cm³/mol. The predicted octanol–water partition coefficient (Wildman–Crippen LogP) is 0.220. The van der Waals surface area contributed by atoms with Gasteiger partial charge in [-0.2, -0.15) is 0 Å². The average Bonchev–Trinajstić information content (AvgIpc) is 0.918. The van der Waals surface area contributed by atoms with E-state index in [1.165, 1.54) is 0 Å². The van der Waals surface area contributed by atoms with Gasteiger partial charge in [-0.3, -0.25) is 14.1 Å². The van der Waals surface area contributed by atoms with Gasteiger partial charge in [0.2, 0.25) is 0 Å². The molecule has 0 spiro atoms. The van der Waals surface area contributed by atoms with E-state index in [4.69, 9.17) is 0 Å². The lowest BCUT2D eigenvalue weighted by Gasteiger charge is -1.27. The Morgan fingerprint density at radius 2 is 1.17 bits per heavy atom. The Morgan fingerprint density at radius 3 is 1.17 bits per heavy atom. The van der Waals surface area contributed by atoms with Crippen molar-refractivity contribution in [3.05, 3.63) is 12.6 Å². The quantitative estimate of drug-likeness (QED) is 0.382. The molecule has 0 aliphatic carbocycles. The normalized spacial score (nSPS) is 2.00. The molecular weight excluding hydrogens is 91.8 g/mol. The maximum Gasteiger partial charge on any atom is 0.128 e. The molecule has 0 radical (unpaired) electrons. The Morgan fingerprint density at radius 1 is 1.17 bits per heavy atom. The standard InChI is InChI=1S/C2H5B.3FH/c1-2-3;;;/h2H,1,3H2;3*1H. The van der Waals surface area contributed by atoms with Gasteiger partial charge in [-0.1, -0.05) is 0 Å². The summed E-state index contributed by atoms with van der Waals surface area (Å²) in [6.07, 6.45) is 0. The first-order chi connectivity index (χ1) is 1.41. The zero-order valence-electron chi connectivity index (χ0n) is 3.51. The highest BCUT2D eigenvalue weighted by molar-refractivity contribution is 6.16. The van der Waals surface area contributed by atoms with Crippen LogP contribution in [-0.4, -0.2) is 7.85 Å². The highest BCUT2D eigenvalue weighted by Crippen LogP contribution is 1.24. The van der Waals surface area contributed by atoms with Gasteiger partial charge in [-0.05, 0) is 0 Å². The van der Waals surface area contributed by atoms with E-state index in [0.29, 0.717) is 0 Å². The van der Waals surface area contributed by atoms with Crippen LogP contribution in [0.25, 0.3) is 0 Å². The molecule has 4 heteroatoms. The summed E-state index contributed by atoms with van der Waals surface area (Å²) in [5.41, 5.74) is 0. The lowest BCUT2D eigenvalue weighted by atomic mass is 10.2. The Balaban J connectivity index is -0.00000000667. The lowest BCUT2D eigenvalue weighted by Crippen LogP contribution is -1.29. The van der Waals surface area contributed by atoms with Crippen molar-refractivity contribution in [2.24, 2.45) is 0 Å². The van der Waals surface area contributed by atoms with E-state index in [1.807, 2.05) is 7.85 Å². The fourth-order valence-corrected chi connectivity index (χ4v) is 0. The van der Waals surface area contributed by atoms with Crippen molar-refractivity contribution in [3.8, 4) is 0 Å². The molecule has 0 unspecified atom stereocenters. The fourth-order valence-electron chi connectivity index (χ4n) is 0. The molecule has 0 aromatic carbocycles. The molecule has 0 aliphatic rings. The van der Waals surface area contributed by atoms with Gasteiger partial charge in [0.1, 0.15) is 7.85 Å². The Hall–Kier alpha value is -0.405. The molecule has 0 aliphatic heterocycles. The van der Waals surface area contributed by atoms with Crippen molar-refractivity contribution in [2.45, 2.75) is 0 Å². The van der Waals surface area contributed by atoms with Gasteiger partial charge in [0, 0.05) is 0 Å². The number of halogens is 3. The Kier molecular flexibility index (Phi) is 1300. The van der Waals surface area contributed by atoms with Gasteiger partial charge in [0.15, 0.2) is 0 Å². The third-order valence-electron chi connectivity index (χ3n) is 0. The maximum absolute atomic E-state index is 3.36. The number of hydrogen-bond acceptors (Lipinski definition) is 0. The summed E-state index contributed by atoms with van der Waals surface area (Å²) in [5.74, 6) is 1.75. The van der Waals surface area contributed by atoms with E-state index in [2.05, 4.69) is 6.58 Å². The molecular formula is C2H8BF3. The fraction of sp³-hybridized carbons (Fsp3) is 0. The first-order valence-electron chi connectivity index (χ1n) is 0.986. The van der Waals surface area contributed by atoms with E-state index in [9.17, 15) is 0 Å². The number of hydrogen-bond donors (Lipinski definition) is 0. The highest BCUT2D eigenvalue weighted by Gasteiger charge is 1.19. The van der Waals surface area contributed by atoms with Gasteiger partial charge >= 0.3 is 0 Å². The van der Waals surface area contributed by atoms with E-state index in [0.717, 1.165) is 0 Å². The van der Waals surface area contributed by atoms with Crippen LogP contribution in [0.5, 0.6) is 0 Å². The van der Waals surface area contributed by atoms with Crippen molar-refractivity contribution >= 4 is 7.85 Å². The molecule has 0 amide bonds. The largest absolute Gasteiger partial charge is 0.269 e. The molecule has 0 aromatic heterocycles. The van der Waals surface area contributed by atoms with Gasteiger partial charge in [0.05, 0.1) is 0 Å². The molecule has 0 atom stereocenters. The molecule has 0 rings (SSSR count). The molecule has 40 valence electrons. The summed E-state index contributed by atoms with van der Waals surface area (Å²) in [4.78, 5) is 0. The van der Waals surface area contributed by atoms with Crippen LogP contribution < -0.4 is 0 Å². The summed E-state index contributed by atoms with van der Waals surface area (Å²) in [5, 5.41) is 0. The molecule has 0 aromatic rings. The second-order valence-electron chi connectivity index (χ2n) is 0.408. The van der Waals surface area contributed by atoms with Crippen LogP contribution in [0.4, 0.5) is 14.1 Å². The van der Waals surface area contributed by atoms with Gasteiger partial charge in [-0.25, -0.2) is 0 Å². The molecule has 0 saturated carbocycles. The van der Waals surface area contributed by atoms with Crippen LogP contribution in [-0.2, 0) is 0 Å². The third kappa shape index (κ3) is 148. The minimum absolute atomic E-state index is 0. The monoisotopic (exact) mass is 100 g/mol. The van der Waals surface area contributed by atoms with E-state index in [-0.39, 0.29) is 14.1 Å². The summed E-state index contributed by atoms with van der Waals surface area (Å²) < 4.78 is 0. The lowest BCUT2D eigenvalue weighted by molar-refractivity contribution is 1.11. The zero-order chi connectivity index (χ0) is 2.71. The summed E-state index contributed by atoms with van der Waals surface area (Å²) in [6, 6.07) is 0. The third-order valence-corrected chi connectivity index (χ3v) is 0. The summed E-state index contributed by atoms with van der Waals surface area (Å²) in [6.45, 7) is 3.36. The molecule has 6 heavy (non-hydrogen) atoms. The Labute approximate surface area is 35.8 Å². The molecule has 0 bridgehead atoms. The average molecular weight is 99.9 g/mol. The second kappa shape index (κ2) is 168. The van der Waals surface area contributed by atoms with E-state index >= 15 is 0 Å². The van der Waals surface area contributed by atoms with Crippen molar-refractivity contribution in [3.63, 3.8) is 0 Å². The van der Waals surface area contributed by atoms with Gasteiger partial charge in [0.25, 0.3) is 0 Å². The minimum Gasteiger partial charge on any atom is -0.269 e. The van der Waals surface area contributed by atoms with Crippen LogP contribution in [0.15, 0.2) is 12.6 Å². The zero-order valence-corrected chi connectivity index (χ0v) is 3.51. The van der Waals surface area contributed by atoms with Crippen molar-refractivity contribution in [1.82, 2.24) is 0 Å².